The summed E-state index contributed by atoms with van der Waals surface area (Å²) in [6.45, 7) is 5.32. The maximum absolute atomic E-state index is 13.1. The van der Waals surface area contributed by atoms with Crippen molar-refractivity contribution in [2.24, 2.45) is 5.41 Å². The summed E-state index contributed by atoms with van der Waals surface area (Å²) >= 11 is 7.72. The number of carbonyl (C=O) groups excluding carboxylic acids is 1. The van der Waals surface area contributed by atoms with E-state index in [1.54, 1.807) is 11.3 Å². The molecule has 2 heterocycles. The van der Waals surface area contributed by atoms with Crippen LogP contribution in [-0.4, -0.2) is 28.3 Å². The third-order valence-corrected chi connectivity index (χ3v) is 8.01. The van der Waals surface area contributed by atoms with Crippen LogP contribution in [0.4, 0.5) is 0 Å². The van der Waals surface area contributed by atoms with Crippen molar-refractivity contribution < 1.29 is 4.79 Å². The fourth-order valence-electron chi connectivity index (χ4n) is 5.27. The molecule has 3 aliphatic rings. The zero-order chi connectivity index (χ0) is 21.6. The third-order valence-electron chi connectivity index (χ3n) is 6.84. The predicted octanol–water partition coefficient (Wildman–Crippen LogP) is 7.14. The van der Waals surface area contributed by atoms with Gasteiger partial charge in [-0.1, -0.05) is 56.8 Å². The summed E-state index contributed by atoms with van der Waals surface area (Å²) in [5.74, 6) is 0.291. The lowest BCUT2D eigenvalue weighted by atomic mass is 9.73. The monoisotopic (exact) mass is 452 g/mol. The number of Topliss-reactive ketones (excluding diaryl/α,β-unsaturated/α-hetero) is 1. The van der Waals surface area contributed by atoms with Crippen molar-refractivity contribution in [1.29, 1.82) is 0 Å². The van der Waals surface area contributed by atoms with E-state index in [-0.39, 0.29) is 5.41 Å². The highest BCUT2D eigenvalue weighted by atomic mass is 35.5. The summed E-state index contributed by atoms with van der Waals surface area (Å²) in [4.78, 5) is 20.7. The zero-order valence-corrected chi connectivity index (χ0v) is 19.9. The number of rotatable bonds is 3. The molecule has 5 rings (SSSR count). The summed E-state index contributed by atoms with van der Waals surface area (Å²) in [6, 6.07) is 8.37. The highest BCUT2D eigenvalue weighted by Gasteiger charge is 2.39. The first-order chi connectivity index (χ1) is 14.9. The summed E-state index contributed by atoms with van der Waals surface area (Å²) in [7, 11) is 0. The number of hydrogen-bond donors (Lipinski definition) is 0. The Labute approximate surface area is 193 Å². The Balaban J connectivity index is 1.51. The van der Waals surface area contributed by atoms with E-state index in [1.165, 1.54) is 43.4 Å². The fourth-order valence-corrected chi connectivity index (χ4v) is 6.23. The molecule has 1 aromatic carbocycles. The quantitative estimate of drug-likeness (QED) is 0.496. The van der Waals surface area contributed by atoms with Gasteiger partial charge in [0.15, 0.2) is 5.78 Å². The van der Waals surface area contributed by atoms with E-state index in [0.29, 0.717) is 18.2 Å². The Morgan fingerprint density at radius 3 is 2.58 bits per heavy atom. The Kier molecular flexibility index (Phi) is 5.56. The zero-order valence-electron chi connectivity index (χ0n) is 18.3. The van der Waals surface area contributed by atoms with E-state index < -0.39 is 0 Å². The van der Waals surface area contributed by atoms with Gasteiger partial charge < -0.3 is 4.90 Å². The molecule has 0 bridgehead atoms. The highest BCUT2D eigenvalue weighted by molar-refractivity contribution is 7.11. The van der Waals surface area contributed by atoms with Crippen molar-refractivity contribution in [3.05, 3.63) is 57.0 Å². The summed E-state index contributed by atoms with van der Waals surface area (Å²) in [6.07, 6.45) is 10.1. The van der Waals surface area contributed by atoms with Crippen molar-refractivity contribution in [1.82, 2.24) is 9.88 Å². The molecular weight excluding hydrogens is 424 g/mol. The largest absolute Gasteiger partial charge is 0.367 e. The van der Waals surface area contributed by atoms with Gasteiger partial charge in [-0.05, 0) is 42.9 Å². The number of thiazole rings is 1. The van der Waals surface area contributed by atoms with Crippen LogP contribution in [-0.2, 0) is 4.79 Å². The standard InChI is InChI=1S/C26H29ClN2OS/c1-26(2)13-23-21(24(30)14-26)12-18(15-29(23)20-6-4-3-5-7-20)25-28-22(16-31-25)17-8-10-19(27)11-9-17/h8-12,16,20H,3-7,13-15H2,1-2H3. The molecule has 1 fully saturated rings. The van der Waals surface area contributed by atoms with Gasteiger partial charge in [0.05, 0.1) is 5.69 Å². The molecule has 0 atom stereocenters. The van der Waals surface area contributed by atoms with E-state index in [0.717, 1.165) is 39.8 Å². The topological polar surface area (TPSA) is 33.2 Å². The number of allylic oxidation sites excluding steroid dienone is 3. The average Bonchev–Trinajstić information content (AvgIpc) is 3.24. The van der Waals surface area contributed by atoms with Crippen molar-refractivity contribution in [2.45, 2.75) is 64.8 Å². The van der Waals surface area contributed by atoms with E-state index in [1.807, 2.05) is 24.3 Å². The van der Waals surface area contributed by atoms with Crippen LogP contribution in [0.25, 0.3) is 16.8 Å². The van der Waals surface area contributed by atoms with E-state index >= 15 is 0 Å². The second-order valence-electron chi connectivity index (χ2n) is 9.94. The smallest absolute Gasteiger partial charge is 0.165 e. The number of nitrogens with zero attached hydrogens (tertiary/aromatic N) is 2. The average molecular weight is 453 g/mol. The minimum Gasteiger partial charge on any atom is -0.367 e. The first-order valence-electron chi connectivity index (χ1n) is 11.3. The Morgan fingerprint density at radius 2 is 1.84 bits per heavy atom. The second kappa shape index (κ2) is 8.22. The number of benzene rings is 1. The first-order valence-corrected chi connectivity index (χ1v) is 12.6. The van der Waals surface area contributed by atoms with Gasteiger partial charge in [0.1, 0.15) is 5.01 Å². The summed E-state index contributed by atoms with van der Waals surface area (Å²) < 4.78 is 0. The van der Waals surface area contributed by atoms with Crippen LogP contribution in [0, 0.1) is 5.41 Å². The van der Waals surface area contributed by atoms with E-state index in [2.05, 4.69) is 30.2 Å². The number of ketones is 1. The lowest BCUT2D eigenvalue weighted by molar-refractivity contribution is -0.118. The van der Waals surface area contributed by atoms with Crippen LogP contribution < -0.4 is 0 Å². The summed E-state index contributed by atoms with van der Waals surface area (Å²) in [5, 5.41) is 3.87. The van der Waals surface area contributed by atoms with Crippen molar-refractivity contribution in [2.75, 3.05) is 6.54 Å². The molecule has 31 heavy (non-hydrogen) atoms. The fraction of sp³-hybridized carbons (Fsp3) is 0.462. The van der Waals surface area contributed by atoms with Gasteiger partial charge in [-0.3, -0.25) is 4.79 Å². The Hall–Kier alpha value is -1.91. The molecule has 2 aliphatic carbocycles. The van der Waals surface area contributed by atoms with Crippen molar-refractivity contribution >= 4 is 34.3 Å². The molecule has 0 saturated heterocycles. The van der Waals surface area contributed by atoms with E-state index in [4.69, 9.17) is 16.6 Å². The maximum Gasteiger partial charge on any atom is 0.165 e. The molecule has 2 aromatic rings. The number of aromatic nitrogens is 1. The first kappa shape index (κ1) is 21.0. The van der Waals surface area contributed by atoms with Gasteiger partial charge in [0.2, 0.25) is 0 Å². The number of carbonyl (C=O) groups is 1. The minimum atomic E-state index is 0.0388. The number of halogens is 1. The molecule has 162 valence electrons. The van der Waals surface area contributed by atoms with Crippen LogP contribution in [0.3, 0.4) is 0 Å². The lowest BCUT2D eigenvalue weighted by Crippen LogP contribution is -2.43. The SMILES string of the molecule is CC1(C)CC(=O)C2=C(C1)N(C1CCCCC1)CC(c1nc(-c3ccc(Cl)cc3)cs1)=C2. The van der Waals surface area contributed by atoms with E-state index in [9.17, 15) is 4.79 Å². The molecule has 0 radical (unpaired) electrons. The Morgan fingerprint density at radius 1 is 1.10 bits per heavy atom. The molecule has 0 amide bonds. The molecule has 0 N–H and O–H groups in total. The molecule has 5 heteroatoms. The highest BCUT2D eigenvalue weighted by Crippen LogP contribution is 2.44. The molecule has 1 aliphatic heterocycles. The molecule has 0 unspecified atom stereocenters. The molecule has 3 nitrogen and oxygen atoms in total. The Bertz CT molecular complexity index is 1060. The van der Waals surface area contributed by atoms with Crippen LogP contribution in [0.1, 0.15) is 63.8 Å². The predicted molar refractivity (Wildman–Crippen MR) is 129 cm³/mol. The van der Waals surface area contributed by atoms with Gasteiger partial charge >= 0.3 is 0 Å². The van der Waals surface area contributed by atoms with Gasteiger partial charge in [-0.15, -0.1) is 11.3 Å². The third kappa shape index (κ3) is 4.25. The number of hydrogen-bond acceptors (Lipinski definition) is 4. The van der Waals surface area contributed by atoms with Crippen molar-refractivity contribution in [3.63, 3.8) is 0 Å². The normalized spacial score (nSPS) is 21.8. The second-order valence-corrected chi connectivity index (χ2v) is 11.2. The maximum atomic E-state index is 13.1. The lowest BCUT2D eigenvalue weighted by Gasteiger charge is -2.45. The van der Waals surface area contributed by atoms with Crippen LogP contribution in [0.5, 0.6) is 0 Å². The van der Waals surface area contributed by atoms with Crippen LogP contribution >= 0.6 is 22.9 Å². The van der Waals surface area contributed by atoms with Gasteiger partial charge in [-0.25, -0.2) is 4.98 Å². The molecule has 0 spiro atoms. The van der Waals surface area contributed by atoms with Crippen molar-refractivity contribution in [3.8, 4) is 11.3 Å². The van der Waals surface area contributed by atoms with Crippen LogP contribution in [0.2, 0.25) is 5.02 Å². The molecule has 1 aromatic heterocycles. The summed E-state index contributed by atoms with van der Waals surface area (Å²) in [5.41, 5.74) is 5.49. The van der Waals surface area contributed by atoms with Crippen LogP contribution in [0.15, 0.2) is 47.0 Å². The van der Waals surface area contributed by atoms with Gasteiger partial charge in [0, 0.05) is 51.8 Å². The minimum absolute atomic E-state index is 0.0388. The van der Waals surface area contributed by atoms with Gasteiger partial charge in [0.25, 0.3) is 0 Å². The van der Waals surface area contributed by atoms with Gasteiger partial charge in [-0.2, -0.15) is 0 Å². The molecular formula is C26H29ClN2OS. The molecule has 1 saturated carbocycles.